The van der Waals surface area contributed by atoms with Gasteiger partial charge in [-0.15, -0.1) is 0 Å². The molecule has 0 radical (unpaired) electrons. The van der Waals surface area contributed by atoms with Gasteiger partial charge in [0.05, 0.1) is 5.56 Å². The normalized spacial score (nSPS) is 12.9. The Balaban J connectivity index is 2.99. The van der Waals surface area contributed by atoms with Crippen LogP contribution in [0.1, 0.15) is 19.4 Å². The third-order valence-corrected chi connectivity index (χ3v) is 2.90. The topological polar surface area (TPSA) is 41.1 Å². The highest BCUT2D eigenvalue weighted by molar-refractivity contribution is 9.10. The van der Waals surface area contributed by atoms with Crippen LogP contribution in [0.25, 0.3) is 0 Å². The number of likely N-dealkylation sites (N-methyl/N-ethyl adjacent to an activating group) is 1. The average molecular weight is 339 g/mol. The molecule has 0 saturated carbocycles. The summed E-state index contributed by atoms with van der Waals surface area (Å²) in [7, 11) is 0. The van der Waals surface area contributed by atoms with Gasteiger partial charge in [0.2, 0.25) is 5.91 Å². The van der Waals surface area contributed by atoms with Gasteiger partial charge in [0.15, 0.2) is 0 Å². The lowest BCUT2D eigenvalue weighted by atomic mass is 10.1. The fraction of sp³-hybridized carbons (Fsp3) is 0.417. The number of carbonyl (C=O) groups excluding carboxylic acids is 1. The van der Waals surface area contributed by atoms with Gasteiger partial charge in [0.1, 0.15) is 6.04 Å². The largest absolute Gasteiger partial charge is 0.418 e. The Bertz CT molecular complexity index is 463. The SMILES string of the molecule is CCNC(=O)C(C)Nc1cc(Br)ccc1C(F)(F)F. The maximum absolute atomic E-state index is 12.8. The molecule has 7 heteroatoms. The van der Waals surface area contributed by atoms with Gasteiger partial charge in [-0.1, -0.05) is 15.9 Å². The highest BCUT2D eigenvalue weighted by Gasteiger charge is 2.34. The lowest BCUT2D eigenvalue weighted by Gasteiger charge is -2.19. The minimum absolute atomic E-state index is 0.124. The van der Waals surface area contributed by atoms with E-state index in [1.165, 1.54) is 19.1 Å². The lowest BCUT2D eigenvalue weighted by Crippen LogP contribution is -2.37. The molecule has 0 aliphatic heterocycles. The molecule has 2 N–H and O–H groups in total. The Morgan fingerprint density at radius 3 is 2.58 bits per heavy atom. The van der Waals surface area contributed by atoms with Crippen molar-refractivity contribution in [2.24, 2.45) is 0 Å². The zero-order valence-electron chi connectivity index (χ0n) is 10.4. The zero-order chi connectivity index (χ0) is 14.6. The third-order valence-electron chi connectivity index (χ3n) is 2.40. The summed E-state index contributed by atoms with van der Waals surface area (Å²) in [5, 5.41) is 5.12. The number of hydrogen-bond acceptors (Lipinski definition) is 2. The number of rotatable bonds is 4. The zero-order valence-corrected chi connectivity index (χ0v) is 12.0. The van der Waals surface area contributed by atoms with Gasteiger partial charge in [-0.2, -0.15) is 13.2 Å². The Morgan fingerprint density at radius 2 is 2.05 bits per heavy atom. The van der Waals surface area contributed by atoms with E-state index in [0.29, 0.717) is 11.0 Å². The molecule has 1 aromatic carbocycles. The van der Waals surface area contributed by atoms with Crippen molar-refractivity contribution in [2.45, 2.75) is 26.1 Å². The number of carbonyl (C=O) groups is 1. The van der Waals surface area contributed by atoms with Crippen LogP contribution < -0.4 is 10.6 Å². The Labute approximate surface area is 117 Å². The van der Waals surface area contributed by atoms with E-state index >= 15 is 0 Å². The highest BCUT2D eigenvalue weighted by atomic mass is 79.9. The van der Waals surface area contributed by atoms with Crippen LogP contribution in [-0.2, 0) is 11.0 Å². The summed E-state index contributed by atoms with van der Waals surface area (Å²) in [5.41, 5.74) is -0.924. The van der Waals surface area contributed by atoms with E-state index in [1.54, 1.807) is 6.92 Å². The Hall–Kier alpha value is -1.24. The van der Waals surface area contributed by atoms with Crippen LogP contribution >= 0.6 is 15.9 Å². The van der Waals surface area contributed by atoms with Gasteiger partial charge in [0, 0.05) is 16.7 Å². The molecule has 0 aliphatic rings. The van der Waals surface area contributed by atoms with Crippen LogP contribution in [0.15, 0.2) is 22.7 Å². The molecule has 1 amide bonds. The van der Waals surface area contributed by atoms with Crippen LogP contribution in [0, 0.1) is 0 Å². The Kier molecular flexibility index (Phi) is 5.22. The van der Waals surface area contributed by atoms with Crippen molar-refractivity contribution < 1.29 is 18.0 Å². The van der Waals surface area contributed by atoms with Crippen LogP contribution in [0.5, 0.6) is 0 Å². The number of amides is 1. The maximum atomic E-state index is 12.8. The molecule has 1 aromatic rings. The summed E-state index contributed by atoms with van der Waals surface area (Å²) < 4.78 is 39.0. The second-order valence-corrected chi connectivity index (χ2v) is 4.86. The first-order valence-corrected chi connectivity index (χ1v) is 6.46. The number of benzene rings is 1. The van der Waals surface area contributed by atoms with Gasteiger partial charge >= 0.3 is 6.18 Å². The molecule has 0 spiro atoms. The molecule has 19 heavy (non-hydrogen) atoms. The maximum Gasteiger partial charge on any atom is 0.418 e. The molecule has 1 atom stereocenters. The molecule has 1 rings (SSSR count). The first-order valence-electron chi connectivity index (χ1n) is 5.66. The van der Waals surface area contributed by atoms with Crippen molar-refractivity contribution in [1.82, 2.24) is 5.32 Å². The molecule has 3 nitrogen and oxygen atoms in total. The van der Waals surface area contributed by atoms with Crippen LogP contribution in [0.2, 0.25) is 0 Å². The third kappa shape index (κ3) is 4.41. The molecule has 106 valence electrons. The number of nitrogens with one attached hydrogen (secondary N) is 2. The fourth-order valence-electron chi connectivity index (χ4n) is 1.51. The van der Waals surface area contributed by atoms with E-state index in [9.17, 15) is 18.0 Å². The van der Waals surface area contributed by atoms with Crippen LogP contribution in [0.3, 0.4) is 0 Å². The molecule has 0 heterocycles. The summed E-state index contributed by atoms with van der Waals surface area (Å²) in [6.07, 6.45) is -4.47. The number of hydrogen-bond donors (Lipinski definition) is 2. The molecular formula is C12H14BrF3N2O. The van der Waals surface area contributed by atoms with E-state index in [2.05, 4.69) is 26.6 Å². The summed E-state index contributed by atoms with van der Waals surface area (Å²) >= 11 is 3.11. The van der Waals surface area contributed by atoms with Crippen molar-refractivity contribution in [1.29, 1.82) is 0 Å². The molecule has 0 aliphatic carbocycles. The lowest BCUT2D eigenvalue weighted by molar-refractivity contribution is -0.137. The van der Waals surface area contributed by atoms with Crippen molar-refractivity contribution in [3.63, 3.8) is 0 Å². The summed E-state index contributed by atoms with van der Waals surface area (Å²) in [4.78, 5) is 11.5. The predicted octanol–water partition coefficient (Wildman–Crippen LogP) is 3.40. The van der Waals surface area contributed by atoms with Gasteiger partial charge in [-0.05, 0) is 32.0 Å². The van der Waals surface area contributed by atoms with Gasteiger partial charge in [0.25, 0.3) is 0 Å². The minimum Gasteiger partial charge on any atom is -0.373 e. The van der Waals surface area contributed by atoms with E-state index in [1.807, 2.05) is 0 Å². The van der Waals surface area contributed by atoms with Gasteiger partial charge in [-0.3, -0.25) is 4.79 Å². The van der Waals surface area contributed by atoms with E-state index in [0.717, 1.165) is 6.07 Å². The minimum atomic E-state index is -4.47. The van der Waals surface area contributed by atoms with Crippen molar-refractivity contribution in [2.75, 3.05) is 11.9 Å². The smallest absolute Gasteiger partial charge is 0.373 e. The number of alkyl halides is 3. The van der Waals surface area contributed by atoms with E-state index in [-0.39, 0.29) is 11.6 Å². The average Bonchev–Trinajstić information content (AvgIpc) is 2.27. The monoisotopic (exact) mass is 338 g/mol. The molecule has 0 bridgehead atoms. The highest BCUT2D eigenvalue weighted by Crippen LogP contribution is 2.36. The molecule has 0 fully saturated rings. The van der Waals surface area contributed by atoms with Crippen molar-refractivity contribution in [3.05, 3.63) is 28.2 Å². The van der Waals surface area contributed by atoms with Crippen molar-refractivity contribution >= 4 is 27.5 Å². The van der Waals surface area contributed by atoms with Crippen LogP contribution in [0.4, 0.5) is 18.9 Å². The quantitative estimate of drug-likeness (QED) is 0.883. The summed E-state index contributed by atoms with van der Waals surface area (Å²) in [6.45, 7) is 3.67. The summed E-state index contributed by atoms with van der Waals surface area (Å²) in [5.74, 6) is -0.351. The summed E-state index contributed by atoms with van der Waals surface area (Å²) in [6, 6.07) is 2.83. The number of halogens is 4. The standard InChI is InChI=1S/C12H14BrF3N2O/c1-3-17-11(19)7(2)18-10-6-8(13)4-5-9(10)12(14,15)16/h4-7,18H,3H2,1-2H3,(H,17,19). The van der Waals surface area contributed by atoms with Gasteiger partial charge < -0.3 is 10.6 Å². The number of anilines is 1. The van der Waals surface area contributed by atoms with Gasteiger partial charge in [-0.25, -0.2) is 0 Å². The van der Waals surface area contributed by atoms with Crippen LogP contribution in [-0.4, -0.2) is 18.5 Å². The molecule has 1 unspecified atom stereocenters. The van der Waals surface area contributed by atoms with E-state index in [4.69, 9.17) is 0 Å². The Morgan fingerprint density at radius 1 is 1.42 bits per heavy atom. The molecule has 0 aromatic heterocycles. The first kappa shape index (κ1) is 15.8. The second kappa shape index (κ2) is 6.27. The second-order valence-electron chi connectivity index (χ2n) is 3.95. The van der Waals surface area contributed by atoms with Crippen molar-refractivity contribution in [3.8, 4) is 0 Å². The molecular weight excluding hydrogens is 325 g/mol. The van der Waals surface area contributed by atoms with E-state index < -0.39 is 17.8 Å². The molecule has 0 saturated heterocycles. The predicted molar refractivity (Wildman–Crippen MR) is 70.9 cm³/mol. The first-order chi connectivity index (χ1) is 8.75. The fourth-order valence-corrected chi connectivity index (χ4v) is 1.87.